The van der Waals surface area contributed by atoms with Gasteiger partial charge >= 0.3 is 0 Å². The van der Waals surface area contributed by atoms with Crippen molar-refractivity contribution in [2.75, 3.05) is 5.32 Å². The molecule has 3 nitrogen and oxygen atoms in total. The van der Waals surface area contributed by atoms with Crippen molar-refractivity contribution in [3.8, 4) is 0 Å². The number of pyridine rings is 1. The minimum Gasteiger partial charge on any atom is -0.325 e. The van der Waals surface area contributed by atoms with Crippen LogP contribution in [-0.4, -0.2) is 10.9 Å². The highest BCUT2D eigenvalue weighted by atomic mass is 127. The maximum Gasteiger partial charge on any atom is 0.228 e. The second kappa shape index (κ2) is 6.15. The van der Waals surface area contributed by atoms with Crippen LogP contribution in [0, 0.1) is 3.57 Å². The van der Waals surface area contributed by atoms with Gasteiger partial charge in [-0.05, 0) is 40.3 Å². The van der Waals surface area contributed by atoms with Crippen LogP contribution in [0.5, 0.6) is 0 Å². The van der Waals surface area contributed by atoms with Crippen molar-refractivity contribution in [3.63, 3.8) is 0 Å². The van der Waals surface area contributed by atoms with E-state index < -0.39 is 0 Å². The number of nitrogens with zero attached hydrogens (tertiary/aromatic N) is 1. The van der Waals surface area contributed by atoms with Crippen LogP contribution in [0.25, 0.3) is 0 Å². The SMILES string of the molecule is O=C(Cc1ccccc1Cl)Nc1ccncc1I. The van der Waals surface area contributed by atoms with E-state index in [1.807, 2.05) is 18.2 Å². The van der Waals surface area contributed by atoms with Crippen LogP contribution in [0.1, 0.15) is 5.56 Å². The van der Waals surface area contributed by atoms with Gasteiger partial charge in [-0.3, -0.25) is 9.78 Å². The Morgan fingerprint density at radius 1 is 1.33 bits per heavy atom. The Hall–Kier alpha value is -1.14. The van der Waals surface area contributed by atoms with Crippen molar-refractivity contribution in [2.24, 2.45) is 0 Å². The zero-order valence-corrected chi connectivity index (χ0v) is 12.3. The molecule has 2 aromatic rings. The summed E-state index contributed by atoms with van der Waals surface area (Å²) in [5.41, 5.74) is 1.59. The molecule has 0 aliphatic carbocycles. The van der Waals surface area contributed by atoms with E-state index >= 15 is 0 Å². The van der Waals surface area contributed by atoms with Gasteiger partial charge in [0.25, 0.3) is 0 Å². The Kier molecular flexibility index (Phi) is 4.54. The average Bonchev–Trinajstić information content (AvgIpc) is 2.35. The van der Waals surface area contributed by atoms with E-state index in [-0.39, 0.29) is 12.3 Å². The van der Waals surface area contributed by atoms with Gasteiger partial charge < -0.3 is 5.32 Å². The highest BCUT2D eigenvalue weighted by molar-refractivity contribution is 14.1. The normalized spacial score (nSPS) is 10.1. The fourth-order valence-corrected chi connectivity index (χ4v) is 2.16. The van der Waals surface area contributed by atoms with Crippen molar-refractivity contribution in [1.82, 2.24) is 4.98 Å². The second-order valence-electron chi connectivity index (χ2n) is 3.67. The van der Waals surface area contributed by atoms with Gasteiger partial charge in [0.15, 0.2) is 0 Å². The van der Waals surface area contributed by atoms with E-state index in [1.54, 1.807) is 24.5 Å². The minimum atomic E-state index is -0.0905. The quantitative estimate of drug-likeness (QED) is 0.838. The molecule has 0 bridgehead atoms. The fraction of sp³-hybridized carbons (Fsp3) is 0.0769. The van der Waals surface area contributed by atoms with E-state index in [4.69, 9.17) is 11.6 Å². The number of carbonyl (C=O) groups excluding carboxylic acids is 1. The van der Waals surface area contributed by atoms with Gasteiger partial charge in [0, 0.05) is 17.4 Å². The number of aromatic nitrogens is 1. The number of rotatable bonds is 3. The van der Waals surface area contributed by atoms with Crippen LogP contribution in [-0.2, 0) is 11.2 Å². The van der Waals surface area contributed by atoms with Crippen molar-refractivity contribution < 1.29 is 4.79 Å². The fourth-order valence-electron chi connectivity index (χ4n) is 1.49. The van der Waals surface area contributed by atoms with Gasteiger partial charge in [0.1, 0.15) is 0 Å². The molecule has 1 aromatic heterocycles. The smallest absolute Gasteiger partial charge is 0.228 e. The molecular formula is C13H10ClIN2O. The third kappa shape index (κ3) is 3.43. The molecule has 0 saturated heterocycles. The summed E-state index contributed by atoms with van der Waals surface area (Å²) in [7, 11) is 0. The number of hydrogen-bond donors (Lipinski definition) is 1. The molecule has 0 aliphatic rings. The molecule has 0 fully saturated rings. The number of nitrogens with one attached hydrogen (secondary N) is 1. The molecule has 0 radical (unpaired) electrons. The molecule has 2 rings (SSSR count). The topological polar surface area (TPSA) is 42.0 Å². The summed E-state index contributed by atoms with van der Waals surface area (Å²) in [6, 6.07) is 9.10. The zero-order valence-electron chi connectivity index (χ0n) is 9.36. The Bertz CT molecular complexity index is 525. The van der Waals surface area contributed by atoms with Crippen LogP contribution in [0.3, 0.4) is 0 Å². The zero-order chi connectivity index (χ0) is 13.0. The van der Waals surface area contributed by atoms with Crippen LogP contribution in [0.4, 0.5) is 5.69 Å². The second-order valence-corrected chi connectivity index (χ2v) is 5.24. The summed E-state index contributed by atoms with van der Waals surface area (Å²) in [6.07, 6.45) is 3.61. The molecule has 0 spiro atoms. The number of carbonyl (C=O) groups is 1. The maximum absolute atomic E-state index is 11.9. The first-order valence-corrected chi connectivity index (χ1v) is 6.75. The van der Waals surface area contributed by atoms with Crippen molar-refractivity contribution in [3.05, 3.63) is 56.9 Å². The Morgan fingerprint density at radius 3 is 2.83 bits per heavy atom. The van der Waals surface area contributed by atoms with Gasteiger partial charge in [-0.2, -0.15) is 0 Å². The summed E-state index contributed by atoms with van der Waals surface area (Å²) < 4.78 is 0.905. The molecular weight excluding hydrogens is 363 g/mol. The molecule has 1 amide bonds. The first-order valence-electron chi connectivity index (χ1n) is 5.29. The molecule has 1 heterocycles. The number of hydrogen-bond acceptors (Lipinski definition) is 2. The monoisotopic (exact) mass is 372 g/mol. The van der Waals surface area contributed by atoms with Crippen LogP contribution in [0.2, 0.25) is 5.02 Å². The highest BCUT2D eigenvalue weighted by Gasteiger charge is 2.08. The van der Waals surface area contributed by atoms with Crippen molar-refractivity contribution in [2.45, 2.75) is 6.42 Å². The number of amides is 1. The van der Waals surface area contributed by atoms with E-state index in [0.717, 1.165) is 14.8 Å². The lowest BCUT2D eigenvalue weighted by atomic mass is 10.1. The molecule has 92 valence electrons. The molecule has 18 heavy (non-hydrogen) atoms. The first kappa shape index (κ1) is 13.3. The molecule has 0 saturated carbocycles. The molecule has 1 aromatic carbocycles. The van der Waals surface area contributed by atoms with E-state index in [9.17, 15) is 4.79 Å². The van der Waals surface area contributed by atoms with Crippen LogP contribution in [0.15, 0.2) is 42.7 Å². The third-order valence-corrected chi connectivity index (χ3v) is 3.58. The third-order valence-electron chi connectivity index (χ3n) is 2.36. The predicted molar refractivity (Wildman–Crippen MR) is 80.7 cm³/mol. The molecule has 0 atom stereocenters. The van der Waals surface area contributed by atoms with Crippen molar-refractivity contribution in [1.29, 1.82) is 0 Å². The summed E-state index contributed by atoms with van der Waals surface area (Å²) >= 11 is 8.14. The summed E-state index contributed by atoms with van der Waals surface area (Å²) in [4.78, 5) is 15.9. The molecule has 0 aliphatic heterocycles. The van der Waals surface area contributed by atoms with Gasteiger partial charge in [-0.15, -0.1) is 0 Å². The van der Waals surface area contributed by atoms with Crippen LogP contribution >= 0.6 is 34.2 Å². The average molecular weight is 373 g/mol. The van der Waals surface area contributed by atoms with E-state index in [1.165, 1.54) is 0 Å². The largest absolute Gasteiger partial charge is 0.325 e. The lowest BCUT2D eigenvalue weighted by Gasteiger charge is -2.07. The molecule has 1 N–H and O–H groups in total. The Morgan fingerprint density at radius 2 is 2.11 bits per heavy atom. The van der Waals surface area contributed by atoms with E-state index in [2.05, 4.69) is 32.9 Å². The van der Waals surface area contributed by atoms with Gasteiger partial charge in [-0.1, -0.05) is 29.8 Å². The lowest BCUT2D eigenvalue weighted by Crippen LogP contribution is -2.15. The Labute approximate surface area is 124 Å². The number of halogens is 2. The highest BCUT2D eigenvalue weighted by Crippen LogP contribution is 2.18. The lowest BCUT2D eigenvalue weighted by molar-refractivity contribution is -0.115. The number of benzene rings is 1. The van der Waals surface area contributed by atoms with Gasteiger partial charge in [0.2, 0.25) is 5.91 Å². The first-order chi connectivity index (χ1) is 8.66. The summed E-state index contributed by atoms with van der Waals surface area (Å²) in [6.45, 7) is 0. The van der Waals surface area contributed by atoms with Gasteiger partial charge in [0.05, 0.1) is 15.7 Å². The standard InChI is InChI=1S/C13H10ClIN2O/c14-10-4-2-1-3-9(10)7-13(18)17-12-5-6-16-8-11(12)15/h1-6,8H,7H2,(H,16,17,18). The molecule has 0 unspecified atom stereocenters. The Balaban J connectivity index is 2.06. The van der Waals surface area contributed by atoms with Crippen molar-refractivity contribution >= 4 is 45.8 Å². The summed E-state index contributed by atoms with van der Waals surface area (Å²) in [5, 5.41) is 3.45. The number of anilines is 1. The predicted octanol–water partition coefficient (Wildman–Crippen LogP) is 3.52. The summed E-state index contributed by atoms with van der Waals surface area (Å²) in [5.74, 6) is -0.0905. The van der Waals surface area contributed by atoms with Gasteiger partial charge in [-0.25, -0.2) is 0 Å². The van der Waals surface area contributed by atoms with E-state index in [0.29, 0.717) is 5.02 Å². The maximum atomic E-state index is 11.9. The van der Waals surface area contributed by atoms with Crippen LogP contribution < -0.4 is 5.32 Å². The minimum absolute atomic E-state index is 0.0905. The molecule has 5 heteroatoms.